The highest BCUT2D eigenvalue weighted by molar-refractivity contribution is 7.98. The molecule has 0 saturated heterocycles. The quantitative estimate of drug-likeness (QED) is 0.146. The third kappa shape index (κ3) is 10.4. The van der Waals surface area contributed by atoms with Gasteiger partial charge in [-0.25, -0.2) is 4.79 Å². The highest BCUT2D eigenvalue weighted by Gasteiger charge is 2.32. The van der Waals surface area contributed by atoms with E-state index in [0.29, 0.717) is 5.75 Å². The topological polar surface area (TPSA) is 214 Å². The van der Waals surface area contributed by atoms with Gasteiger partial charge in [0.1, 0.15) is 18.1 Å². The minimum atomic E-state index is -1.42. The van der Waals surface area contributed by atoms with E-state index in [1.54, 1.807) is 6.26 Å². The maximum Gasteiger partial charge on any atom is 0.326 e. The van der Waals surface area contributed by atoms with Crippen molar-refractivity contribution in [3.63, 3.8) is 0 Å². The molecule has 0 radical (unpaired) electrons. The molecule has 30 heavy (non-hydrogen) atoms. The van der Waals surface area contributed by atoms with Crippen LogP contribution >= 0.6 is 11.8 Å². The maximum absolute atomic E-state index is 12.6. The minimum Gasteiger partial charge on any atom is -0.480 e. The van der Waals surface area contributed by atoms with Crippen LogP contribution in [0.1, 0.15) is 33.1 Å². The van der Waals surface area contributed by atoms with Gasteiger partial charge in [-0.15, -0.1) is 0 Å². The fraction of sp³-hybridized carbons (Fsp3) is 0.706. The van der Waals surface area contributed by atoms with E-state index < -0.39 is 59.9 Å². The monoisotopic (exact) mass is 449 g/mol. The summed E-state index contributed by atoms with van der Waals surface area (Å²) in [4.78, 5) is 59.4. The van der Waals surface area contributed by atoms with E-state index in [1.165, 1.54) is 25.6 Å². The number of hydrogen-bond donors (Lipinski definition) is 7. The predicted molar refractivity (Wildman–Crippen MR) is 110 cm³/mol. The Hall–Kier alpha value is -2.38. The first-order valence-corrected chi connectivity index (χ1v) is 10.6. The van der Waals surface area contributed by atoms with Crippen molar-refractivity contribution in [2.45, 2.75) is 63.4 Å². The van der Waals surface area contributed by atoms with Crippen molar-refractivity contribution in [3.8, 4) is 0 Å². The van der Waals surface area contributed by atoms with Gasteiger partial charge >= 0.3 is 5.97 Å². The molecule has 0 rings (SSSR count). The summed E-state index contributed by atoms with van der Waals surface area (Å²) in [5.74, 6) is -3.93. The lowest BCUT2D eigenvalue weighted by Gasteiger charge is -2.26. The van der Waals surface area contributed by atoms with Crippen LogP contribution in [0.15, 0.2) is 0 Å². The Labute approximate surface area is 178 Å². The van der Waals surface area contributed by atoms with E-state index in [0.717, 1.165) is 0 Å². The summed E-state index contributed by atoms with van der Waals surface area (Å²) < 4.78 is 0. The van der Waals surface area contributed by atoms with Crippen molar-refractivity contribution in [3.05, 3.63) is 0 Å². The minimum absolute atomic E-state index is 0.152. The fourth-order valence-electron chi connectivity index (χ4n) is 2.27. The lowest BCUT2D eigenvalue weighted by atomic mass is 10.1. The molecule has 0 saturated carbocycles. The second-order valence-corrected chi connectivity index (χ2v) is 7.75. The SMILES string of the molecule is CSCCC(NC(=O)C(CCC(N)=O)NC(=O)C(NC(=O)C(C)N)C(C)O)C(=O)O. The highest BCUT2D eigenvalue weighted by Crippen LogP contribution is 2.05. The van der Waals surface area contributed by atoms with Crippen molar-refractivity contribution in [1.29, 1.82) is 0 Å². The van der Waals surface area contributed by atoms with Crippen molar-refractivity contribution in [2.75, 3.05) is 12.0 Å². The lowest BCUT2D eigenvalue weighted by Crippen LogP contribution is -2.59. The molecule has 0 fully saturated rings. The molecule has 13 heteroatoms. The Morgan fingerprint density at radius 1 is 0.933 bits per heavy atom. The summed E-state index contributed by atoms with van der Waals surface area (Å²) in [5.41, 5.74) is 10.5. The van der Waals surface area contributed by atoms with Crippen LogP contribution in [0.2, 0.25) is 0 Å². The van der Waals surface area contributed by atoms with Gasteiger partial charge in [0.15, 0.2) is 0 Å². The van der Waals surface area contributed by atoms with Gasteiger partial charge in [0, 0.05) is 6.42 Å². The Balaban J connectivity index is 5.40. The zero-order valence-electron chi connectivity index (χ0n) is 17.2. The molecular formula is C17H31N5O7S. The average Bonchev–Trinajstić information content (AvgIpc) is 2.64. The predicted octanol–water partition coefficient (Wildman–Crippen LogP) is -2.73. The Bertz CT molecular complexity index is 630. The van der Waals surface area contributed by atoms with Gasteiger partial charge in [-0.05, 0) is 38.7 Å². The summed E-state index contributed by atoms with van der Waals surface area (Å²) in [7, 11) is 0. The largest absolute Gasteiger partial charge is 0.480 e. The van der Waals surface area contributed by atoms with E-state index in [4.69, 9.17) is 11.5 Å². The summed E-state index contributed by atoms with van der Waals surface area (Å²) in [6.45, 7) is 2.64. The molecule has 5 unspecified atom stereocenters. The molecule has 5 atom stereocenters. The number of carbonyl (C=O) groups excluding carboxylic acids is 4. The number of carboxylic acids is 1. The first-order chi connectivity index (χ1) is 13.9. The number of primary amides is 1. The number of nitrogens with two attached hydrogens (primary N) is 2. The van der Waals surface area contributed by atoms with Crippen LogP contribution in [-0.2, 0) is 24.0 Å². The number of carbonyl (C=O) groups is 5. The number of thioether (sulfide) groups is 1. The first kappa shape index (κ1) is 27.6. The smallest absolute Gasteiger partial charge is 0.326 e. The molecule has 0 bridgehead atoms. The van der Waals surface area contributed by atoms with Crippen LogP contribution < -0.4 is 27.4 Å². The van der Waals surface area contributed by atoms with Crippen LogP contribution in [0.3, 0.4) is 0 Å². The van der Waals surface area contributed by atoms with E-state index in [1.807, 2.05) is 0 Å². The normalized spacial score (nSPS) is 15.8. The second-order valence-electron chi connectivity index (χ2n) is 6.76. The van der Waals surface area contributed by atoms with Crippen molar-refractivity contribution >= 4 is 41.4 Å². The molecule has 172 valence electrons. The summed E-state index contributed by atoms with van der Waals surface area (Å²) >= 11 is 1.40. The molecule has 0 aliphatic rings. The molecule has 4 amide bonds. The van der Waals surface area contributed by atoms with E-state index >= 15 is 0 Å². The molecule has 0 heterocycles. The van der Waals surface area contributed by atoms with Crippen molar-refractivity contribution in [2.24, 2.45) is 11.5 Å². The standard InChI is InChI=1S/C17H31N5O7S/c1-8(18)14(25)22-13(9(2)23)16(27)20-10(4-5-12(19)24)15(26)21-11(17(28)29)6-7-30-3/h8-11,13,23H,4-7,18H2,1-3H3,(H2,19,24)(H,20,27)(H,21,26)(H,22,25)(H,28,29). The number of nitrogens with one attached hydrogen (secondary N) is 3. The molecule has 0 aliphatic heterocycles. The number of aliphatic carboxylic acids is 1. The maximum atomic E-state index is 12.6. The number of amides is 4. The highest BCUT2D eigenvalue weighted by atomic mass is 32.2. The third-order valence-electron chi connectivity index (χ3n) is 4.01. The Morgan fingerprint density at radius 2 is 1.50 bits per heavy atom. The zero-order chi connectivity index (χ0) is 23.4. The van der Waals surface area contributed by atoms with Gasteiger partial charge in [0.25, 0.3) is 0 Å². The second kappa shape index (κ2) is 13.8. The van der Waals surface area contributed by atoms with Gasteiger partial charge in [-0.1, -0.05) is 0 Å². The van der Waals surface area contributed by atoms with Gasteiger partial charge in [-0.3, -0.25) is 19.2 Å². The molecule has 0 aromatic carbocycles. The average molecular weight is 450 g/mol. The molecule has 0 aromatic heterocycles. The van der Waals surface area contributed by atoms with Gasteiger partial charge in [-0.2, -0.15) is 11.8 Å². The first-order valence-electron chi connectivity index (χ1n) is 9.25. The molecule has 0 aromatic rings. The molecular weight excluding hydrogens is 418 g/mol. The lowest BCUT2D eigenvalue weighted by molar-refractivity contribution is -0.142. The van der Waals surface area contributed by atoms with E-state index in [-0.39, 0.29) is 19.3 Å². The Kier molecular flexibility index (Phi) is 12.7. The van der Waals surface area contributed by atoms with Crippen LogP contribution in [0.4, 0.5) is 0 Å². The van der Waals surface area contributed by atoms with Crippen LogP contribution in [0.25, 0.3) is 0 Å². The molecule has 0 aliphatic carbocycles. The summed E-state index contributed by atoms with van der Waals surface area (Å²) in [6, 6.07) is -4.86. The summed E-state index contributed by atoms with van der Waals surface area (Å²) in [6.07, 6.45) is 0.158. The van der Waals surface area contributed by atoms with Crippen molar-refractivity contribution in [1.82, 2.24) is 16.0 Å². The summed E-state index contributed by atoms with van der Waals surface area (Å²) in [5, 5.41) is 26.0. The Morgan fingerprint density at radius 3 is 1.93 bits per heavy atom. The third-order valence-corrected chi connectivity index (χ3v) is 4.66. The van der Waals surface area contributed by atoms with Gasteiger partial charge < -0.3 is 37.6 Å². The fourth-order valence-corrected chi connectivity index (χ4v) is 2.74. The van der Waals surface area contributed by atoms with Crippen LogP contribution in [0.5, 0.6) is 0 Å². The number of aliphatic hydroxyl groups is 1. The van der Waals surface area contributed by atoms with E-state index in [9.17, 15) is 34.2 Å². The van der Waals surface area contributed by atoms with Crippen LogP contribution in [-0.4, -0.2) is 82.1 Å². The van der Waals surface area contributed by atoms with Gasteiger partial charge in [0.2, 0.25) is 23.6 Å². The number of carboxylic acid groups (broad SMARTS) is 1. The number of aliphatic hydroxyl groups excluding tert-OH is 1. The van der Waals surface area contributed by atoms with Gasteiger partial charge in [0.05, 0.1) is 12.1 Å². The molecule has 0 spiro atoms. The number of hydrogen-bond acceptors (Lipinski definition) is 8. The van der Waals surface area contributed by atoms with Crippen molar-refractivity contribution < 1.29 is 34.2 Å². The van der Waals surface area contributed by atoms with E-state index in [2.05, 4.69) is 16.0 Å². The number of rotatable bonds is 14. The molecule has 12 nitrogen and oxygen atoms in total. The zero-order valence-corrected chi connectivity index (χ0v) is 18.0. The molecule has 9 N–H and O–H groups in total. The van der Waals surface area contributed by atoms with Crippen LogP contribution in [0, 0.1) is 0 Å².